The molecule has 1 aliphatic rings. The molecule has 1 heterocycles. The van der Waals surface area contributed by atoms with Crippen molar-refractivity contribution in [3.63, 3.8) is 0 Å². The van der Waals surface area contributed by atoms with E-state index in [2.05, 4.69) is 0 Å². The highest BCUT2D eigenvalue weighted by molar-refractivity contribution is 8.13. The number of carbonyl (C=O) groups is 1. The Hall–Kier alpha value is -1.11. The summed E-state index contributed by atoms with van der Waals surface area (Å²) in [6.45, 7) is 2.47. The third-order valence-corrected chi connectivity index (χ3v) is 4.57. The van der Waals surface area contributed by atoms with Crippen molar-refractivity contribution in [2.75, 3.05) is 13.2 Å². The average Bonchev–Trinajstić information content (AvgIpc) is 2.88. The lowest BCUT2D eigenvalue weighted by molar-refractivity contribution is 0.0161. The molecule has 1 saturated heterocycles. The number of rotatable bonds is 4. The normalized spacial score (nSPS) is 19.0. The van der Waals surface area contributed by atoms with Crippen LogP contribution in [-0.2, 0) is 18.5 Å². The summed E-state index contributed by atoms with van der Waals surface area (Å²) in [6, 6.07) is 4.27. The van der Waals surface area contributed by atoms with Crippen molar-refractivity contribution in [3.05, 3.63) is 29.3 Å². The van der Waals surface area contributed by atoms with Crippen molar-refractivity contribution in [1.29, 1.82) is 0 Å². The number of aryl methyl sites for hydroxylation is 1. The molecule has 0 N–H and O–H groups in total. The van der Waals surface area contributed by atoms with Gasteiger partial charge in [0, 0.05) is 17.3 Å². The van der Waals surface area contributed by atoms with Gasteiger partial charge in [-0.15, -0.1) is 0 Å². The second-order valence-corrected chi connectivity index (χ2v) is 7.19. The van der Waals surface area contributed by atoms with Crippen LogP contribution >= 0.6 is 10.7 Å². The van der Waals surface area contributed by atoms with Gasteiger partial charge in [0.15, 0.2) is 0 Å². The Morgan fingerprint density at radius 2 is 2.25 bits per heavy atom. The molecule has 0 bridgehead atoms. The van der Waals surface area contributed by atoms with Gasteiger partial charge in [0.2, 0.25) is 0 Å². The first-order valence-electron chi connectivity index (χ1n) is 6.22. The van der Waals surface area contributed by atoms with Gasteiger partial charge in [-0.05, 0) is 37.5 Å². The van der Waals surface area contributed by atoms with Crippen LogP contribution in [0.5, 0.6) is 0 Å². The Balaban J connectivity index is 2.10. The summed E-state index contributed by atoms with van der Waals surface area (Å²) < 4.78 is 33.2. The van der Waals surface area contributed by atoms with Crippen LogP contribution < -0.4 is 0 Å². The van der Waals surface area contributed by atoms with Crippen molar-refractivity contribution >= 4 is 25.7 Å². The second kappa shape index (κ2) is 6.11. The molecule has 0 aromatic heterocycles. The summed E-state index contributed by atoms with van der Waals surface area (Å²) in [5.74, 6) is -0.581. The Kier molecular flexibility index (Phi) is 4.67. The molecule has 0 amide bonds. The zero-order chi connectivity index (χ0) is 14.8. The van der Waals surface area contributed by atoms with Crippen molar-refractivity contribution in [2.24, 2.45) is 0 Å². The summed E-state index contributed by atoms with van der Waals surface area (Å²) in [4.78, 5) is 11.8. The van der Waals surface area contributed by atoms with E-state index >= 15 is 0 Å². The van der Waals surface area contributed by atoms with Crippen LogP contribution in [-0.4, -0.2) is 33.7 Å². The molecular formula is C13H15ClO5S. The number of benzene rings is 1. The van der Waals surface area contributed by atoms with Crippen molar-refractivity contribution in [2.45, 2.75) is 30.8 Å². The predicted octanol–water partition coefficient (Wildman–Crippen LogP) is 2.26. The number of hydrogen-bond acceptors (Lipinski definition) is 5. The fourth-order valence-corrected chi connectivity index (χ4v) is 3.24. The maximum atomic E-state index is 11.9. The highest BCUT2D eigenvalue weighted by Gasteiger charge is 2.20. The van der Waals surface area contributed by atoms with Crippen molar-refractivity contribution in [1.82, 2.24) is 0 Å². The fraction of sp³-hybridized carbons (Fsp3) is 0.462. The zero-order valence-corrected chi connectivity index (χ0v) is 12.5. The first-order valence-corrected chi connectivity index (χ1v) is 8.53. The summed E-state index contributed by atoms with van der Waals surface area (Å²) >= 11 is 0. The van der Waals surface area contributed by atoms with Crippen molar-refractivity contribution in [3.8, 4) is 0 Å². The maximum absolute atomic E-state index is 11.9. The molecule has 0 aliphatic carbocycles. The van der Waals surface area contributed by atoms with E-state index in [-0.39, 0.29) is 23.2 Å². The maximum Gasteiger partial charge on any atom is 0.338 e. The van der Waals surface area contributed by atoms with Crippen LogP contribution in [0.4, 0.5) is 0 Å². The standard InChI is InChI=1S/C13H15ClO5S/c1-9-4-5-10(7-12(9)20(14,16)17)13(15)19-8-11-3-2-6-18-11/h4-5,7,11H,2-3,6,8H2,1H3. The molecule has 20 heavy (non-hydrogen) atoms. The third-order valence-electron chi connectivity index (χ3n) is 3.11. The molecule has 1 aromatic rings. The minimum atomic E-state index is -3.88. The molecule has 0 radical (unpaired) electrons. The number of hydrogen-bond donors (Lipinski definition) is 0. The van der Waals surface area contributed by atoms with Gasteiger partial charge >= 0.3 is 5.97 Å². The number of esters is 1. The Bertz CT molecular complexity index is 605. The molecule has 0 spiro atoms. The molecule has 110 valence electrons. The lowest BCUT2D eigenvalue weighted by Gasteiger charge is -2.11. The van der Waals surface area contributed by atoms with E-state index in [0.29, 0.717) is 12.2 Å². The van der Waals surface area contributed by atoms with Crippen LogP contribution in [0.3, 0.4) is 0 Å². The van der Waals surface area contributed by atoms with E-state index in [1.165, 1.54) is 18.2 Å². The summed E-state index contributed by atoms with van der Waals surface area (Å²) in [5.41, 5.74) is 0.642. The van der Waals surface area contributed by atoms with Crippen molar-refractivity contribution < 1.29 is 22.7 Å². The third kappa shape index (κ3) is 3.71. The highest BCUT2D eigenvalue weighted by atomic mass is 35.7. The van der Waals surface area contributed by atoms with E-state index < -0.39 is 15.0 Å². The van der Waals surface area contributed by atoms with Crippen LogP contribution in [0, 0.1) is 6.92 Å². The Morgan fingerprint density at radius 3 is 2.85 bits per heavy atom. The van der Waals surface area contributed by atoms with Gasteiger partial charge < -0.3 is 9.47 Å². The van der Waals surface area contributed by atoms with E-state index in [4.69, 9.17) is 20.2 Å². The van der Waals surface area contributed by atoms with Gasteiger partial charge in [0.05, 0.1) is 16.6 Å². The van der Waals surface area contributed by atoms with E-state index in [9.17, 15) is 13.2 Å². The molecular weight excluding hydrogens is 304 g/mol. The fourth-order valence-electron chi connectivity index (χ4n) is 2.02. The van der Waals surface area contributed by atoms with Crippen LogP contribution in [0.2, 0.25) is 0 Å². The zero-order valence-electron chi connectivity index (χ0n) is 11.0. The van der Waals surface area contributed by atoms with Gasteiger partial charge in [0.1, 0.15) is 6.61 Å². The molecule has 1 aromatic carbocycles. The summed E-state index contributed by atoms with van der Waals surface area (Å²) in [7, 11) is 1.44. The van der Waals surface area contributed by atoms with Crippen LogP contribution in [0.15, 0.2) is 23.1 Å². The van der Waals surface area contributed by atoms with Crippen LogP contribution in [0.1, 0.15) is 28.8 Å². The first kappa shape index (κ1) is 15.3. The van der Waals surface area contributed by atoms with Crippen LogP contribution in [0.25, 0.3) is 0 Å². The molecule has 1 fully saturated rings. The van der Waals surface area contributed by atoms with Gasteiger partial charge in [-0.1, -0.05) is 6.07 Å². The van der Waals surface area contributed by atoms with Gasteiger partial charge in [0.25, 0.3) is 9.05 Å². The Labute approximate surface area is 122 Å². The molecule has 5 nitrogen and oxygen atoms in total. The number of carbonyl (C=O) groups excluding carboxylic acids is 1. The lowest BCUT2D eigenvalue weighted by Crippen LogP contribution is -2.18. The van der Waals surface area contributed by atoms with Gasteiger partial charge in [-0.3, -0.25) is 0 Å². The van der Waals surface area contributed by atoms with Gasteiger partial charge in [-0.25, -0.2) is 13.2 Å². The summed E-state index contributed by atoms with van der Waals surface area (Å²) in [6.07, 6.45) is 1.75. The summed E-state index contributed by atoms with van der Waals surface area (Å²) in [5, 5.41) is 0. The minimum absolute atomic E-state index is 0.0689. The highest BCUT2D eigenvalue weighted by Crippen LogP contribution is 2.21. The quantitative estimate of drug-likeness (QED) is 0.629. The Morgan fingerprint density at radius 1 is 1.50 bits per heavy atom. The monoisotopic (exact) mass is 318 g/mol. The van der Waals surface area contributed by atoms with Gasteiger partial charge in [-0.2, -0.15) is 0 Å². The lowest BCUT2D eigenvalue weighted by atomic mass is 10.1. The molecule has 2 rings (SSSR count). The number of halogens is 1. The first-order chi connectivity index (χ1) is 9.38. The van der Waals surface area contributed by atoms with E-state index in [1.54, 1.807) is 6.92 Å². The smallest absolute Gasteiger partial charge is 0.338 e. The number of ether oxygens (including phenoxy) is 2. The molecule has 7 heteroatoms. The molecule has 1 unspecified atom stereocenters. The topological polar surface area (TPSA) is 69.7 Å². The largest absolute Gasteiger partial charge is 0.459 e. The predicted molar refractivity (Wildman–Crippen MR) is 73.5 cm³/mol. The SMILES string of the molecule is Cc1ccc(C(=O)OCC2CCCO2)cc1S(=O)(=O)Cl. The van der Waals surface area contributed by atoms with E-state index in [1.807, 2.05) is 0 Å². The average molecular weight is 319 g/mol. The van der Waals surface area contributed by atoms with E-state index in [0.717, 1.165) is 12.8 Å². The minimum Gasteiger partial charge on any atom is -0.459 e. The molecule has 0 saturated carbocycles. The molecule has 1 atom stereocenters. The second-order valence-electron chi connectivity index (χ2n) is 4.65. The molecule has 1 aliphatic heterocycles.